The summed E-state index contributed by atoms with van der Waals surface area (Å²) in [4.78, 5) is 23.4. The van der Waals surface area contributed by atoms with Gasteiger partial charge in [-0.05, 0) is 56.2 Å². The number of nitrogens with zero attached hydrogens (tertiary/aromatic N) is 2. The van der Waals surface area contributed by atoms with E-state index < -0.39 is 11.4 Å². The number of aliphatic carboxylic acids is 1. The maximum Gasteiger partial charge on any atom is 0.312 e. The second-order valence-electron chi connectivity index (χ2n) is 7.78. The Bertz CT molecular complexity index is 942. The van der Waals surface area contributed by atoms with Crippen molar-refractivity contribution in [3.63, 3.8) is 0 Å². The Morgan fingerprint density at radius 2 is 1.75 bits per heavy atom. The van der Waals surface area contributed by atoms with Gasteiger partial charge < -0.3 is 14.8 Å². The summed E-state index contributed by atoms with van der Waals surface area (Å²) in [5, 5.41) is 9.15. The molecule has 6 nitrogen and oxygen atoms in total. The Morgan fingerprint density at radius 3 is 2.29 bits per heavy atom. The first kappa shape index (κ1) is 19.6. The molecule has 28 heavy (non-hydrogen) atoms. The fourth-order valence-electron chi connectivity index (χ4n) is 2.53. The van der Waals surface area contributed by atoms with Crippen LogP contribution in [0.25, 0.3) is 22.6 Å². The third-order valence-corrected chi connectivity index (χ3v) is 4.58. The Hall–Kier alpha value is -3.15. The van der Waals surface area contributed by atoms with Gasteiger partial charge in [-0.25, -0.2) is 4.98 Å². The summed E-state index contributed by atoms with van der Waals surface area (Å²) in [7, 11) is 0. The van der Waals surface area contributed by atoms with Gasteiger partial charge in [0.2, 0.25) is 0 Å². The topological polar surface area (TPSA) is 88.1 Å². The molecule has 3 rings (SSSR count). The number of carboxylic acids is 1. The molecule has 1 aromatic carbocycles. The fourth-order valence-corrected chi connectivity index (χ4v) is 2.53. The molecule has 0 radical (unpaired) electrons. The highest BCUT2D eigenvalue weighted by Gasteiger charge is 2.28. The molecule has 2 aromatic heterocycles. The second kappa shape index (κ2) is 7.84. The summed E-state index contributed by atoms with van der Waals surface area (Å²) in [6.45, 7) is 7.62. The molecule has 2 N–H and O–H groups in total. The lowest BCUT2D eigenvalue weighted by molar-refractivity contribution is -0.148. The monoisotopic (exact) mass is 379 g/mol. The van der Waals surface area contributed by atoms with Gasteiger partial charge in [0.25, 0.3) is 0 Å². The lowest BCUT2D eigenvalue weighted by Crippen LogP contribution is -2.30. The van der Waals surface area contributed by atoms with Gasteiger partial charge in [-0.1, -0.05) is 13.8 Å². The zero-order valence-corrected chi connectivity index (χ0v) is 16.6. The van der Waals surface area contributed by atoms with Crippen molar-refractivity contribution in [1.29, 1.82) is 0 Å². The van der Waals surface area contributed by atoms with Gasteiger partial charge in [-0.15, -0.1) is 0 Å². The molecular formula is C22H25N3O3. The van der Waals surface area contributed by atoms with Gasteiger partial charge in [0.1, 0.15) is 18.2 Å². The molecule has 0 spiro atoms. The molecule has 146 valence electrons. The molecule has 0 fully saturated rings. The zero-order valence-electron chi connectivity index (χ0n) is 16.6. The molecule has 0 aliphatic rings. The molecule has 2 heterocycles. The minimum absolute atomic E-state index is 0.107. The van der Waals surface area contributed by atoms with Crippen LogP contribution in [0.3, 0.4) is 0 Å². The molecule has 0 amide bonds. The largest absolute Gasteiger partial charge is 0.492 e. The predicted octanol–water partition coefficient (Wildman–Crippen LogP) is 4.75. The molecule has 0 saturated heterocycles. The van der Waals surface area contributed by atoms with Crippen LogP contribution < -0.4 is 4.74 Å². The van der Waals surface area contributed by atoms with Crippen molar-refractivity contribution in [2.24, 2.45) is 5.41 Å². The minimum atomic E-state index is -0.933. The zero-order chi connectivity index (χ0) is 20.3. The van der Waals surface area contributed by atoms with E-state index in [1.165, 1.54) is 0 Å². The Kier molecular flexibility index (Phi) is 5.49. The first-order valence-electron chi connectivity index (χ1n) is 9.24. The second-order valence-corrected chi connectivity index (χ2v) is 7.78. The van der Waals surface area contributed by atoms with E-state index in [2.05, 4.69) is 28.8 Å². The molecule has 0 atom stereocenters. The van der Waals surface area contributed by atoms with E-state index in [1.54, 1.807) is 20.0 Å². The van der Waals surface area contributed by atoms with E-state index in [-0.39, 0.29) is 6.61 Å². The Labute approximate surface area is 164 Å². The number of imidazole rings is 1. The predicted molar refractivity (Wildman–Crippen MR) is 108 cm³/mol. The van der Waals surface area contributed by atoms with Crippen molar-refractivity contribution in [1.82, 2.24) is 15.0 Å². The number of carboxylic acid groups (broad SMARTS) is 1. The number of ether oxygens (including phenoxy) is 1. The summed E-state index contributed by atoms with van der Waals surface area (Å²) in [6.07, 6.45) is 3.66. The van der Waals surface area contributed by atoms with Crippen LogP contribution in [0.15, 0.2) is 48.8 Å². The number of hydrogen-bond acceptors (Lipinski definition) is 4. The third-order valence-electron chi connectivity index (χ3n) is 4.58. The van der Waals surface area contributed by atoms with Crippen LogP contribution in [-0.2, 0) is 4.79 Å². The van der Waals surface area contributed by atoms with Crippen molar-refractivity contribution in [2.45, 2.75) is 33.6 Å². The van der Waals surface area contributed by atoms with E-state index in [1.807, 2.05) is 42.6 Å². The number of H-pyrrole nitrogens is 1. The average molecular weight is 379 g/mol. The van der Waals surface area contributed by atoms with E-state index in [0.29, 0.717) is 11.7 Å². The van der Waals surface area contributed by atoms with Crippen LogP contribution in [0.4, 0.5) is 0 Å². The number of nitrogens with one attached hydrogen (secondary N) is 1. The fraction of sp³-hybridized carbons (Fsp3) is 0.318. The van der Waals surface area contributed by atoms with E-state index in [4.69, 9.17) is 9.84 Å². The third kappa shape index (κ3) is 4.39. The van der Waals surface area contributed by atoms with Gasteiger partial charge in [0, 0.05) is 29.2 Å². The molecule has 3 aromatic rings. The van der Waals surface area contributed by atoms with E-state index in [0.717, 1.165) is 28.3 Å². The number of aromatic nitrogens is 3. The first-order valence-corrected chi connectivity index (χ1v) is 9.24. The lowest BCUT2D eigenvalue weighted by Gasteiger charge is -2.19. The smallest absolute Gasteiger partial charge is 0.312 e. The van der Waals surface area contributed by atoms with Crippen LogP contribution >= 0.6 is 0 Å². The van der Waals surface area contributed by atoms with Crippen LogP contribution in [0.5, 0.6) is 5.75 Å². The van der Waals surface area contributed by atoms with Crippen molar-refractivity contribution >= 4 is 5.97 Å². The standard InChI is InChI=1S/C22H25N3O3/c1-14(2)19-12-24-20(25-19)16-7-10-18(23-11-16)15-5-8-17(9-6-15)28-13-22(3,4)21(26)27/h5-12,14H,13H2,1-4H3,(H,24,25)(H,26,27). The van der Waals surface area contributed by atoms with Gasteiger partial charge in [0.15, 0.2) is 0 Å². The van der Waals surface area contributed by atoms with Gasteiger partial charge in [-0.2, -0.15) is 0 Å². The summed E-state index contributed by atoms with van der Waals surface area (Å²) in [6, 6.07) is 11.4. The summed E-state index contributed by atoms with van der Waals surface area (Å²) >= 11 is 0. The lowest BCUT2D eigenvalue weighted by atomic mass is 9.95. The number of benzene rings is 1. The molecule has 0 unspecified atom stereocenters. The van der Waals surface area contributed by atoms with Crippen molar-refractivity contribution in [2.75, 3.05) is 6.61 Å². The van der Waals surface area contributed by atoms with Crippen molar-refractivity contribution < 1.29 is 14.6 Å². The van der Waals surface area contributed by atoms with E-state index >= 15 is 0 Å². The molecule has 0 aliphatic carbocycles. The Balaban J connectivity index is 1.69. The van der Waals surface area contributed by atoms with Crippen LogP contribution in [-0.4, -0.2) is 32.6 Å². The summed E-state index contributed by atoms with van der Waals surface area (Å²) in [5.74, 6) is 0.958. The summed E-state index contributed by atoms with van der Waals surface area (Å²) < 4.78 is 5.61. The molecule has 0 aliphatic heterocycles. The minimum Gasteiger partial charge on any atom is -0.492 e. The maximum atomic E-state index is 11.2. The normalized spacial score (nSPS) is 11.6. The first-order chi connectivity index (χ1) is 13.3. The van der Waals surface area contributed by atoms with Crippen LogP contribution in [0.2, 0.25) is 0 Å². The molecular weight excluding hydrogens is 354 g/mol. The number of carbonyl (C=O) groups is 1. The van der Waals surface area contributed by atoms with Crippen molar-refractivity contribution in [3.8, 4) is 28.4 Å². The SMILES string of the molecule is CC(C)c1cnc(-c2ccc(-c3ccc(OCC(C)(C)C(=O)O)cc3)nc2)[nH]1. The van der Waals surface area contributed by atoms with Crippen molar-refractivity contribution in [3.05, 3.63) is 54.5 Å². The van der Waals surface area contributed by atoms with Crippen LogP contribution in [0.1, 0.15) is 39.3 Å². The number of pyridine rings is 1. The number of aromatic amines is 1. The highest BCUT2D eigenvalue weighted by molar-refractivity contribution is 5.73. The highest BCUT2D eigenvalue weighted by Crippen LogP contribution is 2.25. The number of rotatable bonds is 7. The molecule has 6 heteroatoms. The number of hydrogen-bond donors (Lipinski definition) is 2. The highest BCUT2D eigenvalue weighted by atomic mass is 16.5. The summed E-state index contributed by atoms with van der Waals surface area (Å²) in [5.41, 5.74) is 2.90. The maximum absolute atomic E-state index is 11.2. The molecule has 0 saturated carbocycles. The van der Waals surface area contributed by atoms with Crippen LogP contribution in [0, 0.1) is 5.41 Å². The van der Waals surface area contributed by atoms with Gasteiger partial charge in [0.05, 0.1) is 11.1 Å². The van der Waals surface area contributed by atoms with Gasteiger partial charge in [-0.3, -0.25) is 9.78 Å². The molecule has 0 bridgehead atoms. The van der Waals surface area contributed by atoms with Gasteiger partial charge >= 0.3 is 5.97 Å². The average Bonchev–Trinajstić information content (AvgIpc) is 3.17. The Morgan fingerprint density at radius 1 is 1.07 bits per heavy atom. The van der Waals surface area contributed by atoms with E-state index in [9.17, 15) is 4.79 Å². The quantitative estimate of drug-likeness (QED) is 0.618.